The van der Waals surface area contributed by atoms with Gasteiger partial charge in [-0.15, -0.1) is 0 Å². The molecule has 0 unspecified atom stereocenters. The first-order valence-corrected chi connectivity index (χ1v) is 9.11. The van der Waals surface area contributed by atoms with Crippen LogP contribution in [0, 0.1) is 0 Å². The van der Waals surface area contributed by atoms with E-state index in [-0.39, 0.29) is 10.7 Å². The summed E-state index contributed by atoms with van der Waals surface area (Å²) in [5, 5.41) is 0. The van der Waals surface area contributed by atoms with Gasteiger partial charge in [0.05, 0.1) is 0 Å². The van der Waals surface area contributed by atoms with Crippen molar-refractivity contribution in [2.45, 2.75) is 30.7 Å². The van der Waals surface area contributed by atoms with E-state index in [0.717, 1.165) is 6.54 Å². The summed E-state index contributed by atoms with van der Waals surface area (Å²) in [6, 6.07) is 2.09. The average Bonchev–Trinajstić information content (AvgIpc) is 3.28. The summed E-state index contributed by atoms with van der Waals surface area (Å²) in [6.45, 7) is 4.08. The summed E-state index contributed by atoms with van der Waals surface area (Å²) in [4.78, 5) is 6.27. The average molecular weight is 378 g/mol. The van der Waals surface area contributed by atoms with E-state index in [9.17, 15) is 8.42 Å². The lowest BCUT2D eigenvalue weighted by Crippen LogP contribution is -2.36. The molecule has 21 heavy (non-hydrogen) atoms. The number of hydrogen-bond donors (Lipinski definition) is 3. The summed E-state index contributed by atoms with van der Waals surface area (Å²) in [5.74, 6) is 5.44. The summed E-state index contributed by atoms with van der Waals surface area (Å²) in [5.41, 5.74) is 2.31. The molecule has 9 heteroatoms. The number of pyridine rings is 1. The van der Waals surface area contributed by atoms with Crippen LogP contribution in [0.15, 0.2) is 21.6 Å². The van der Waals surface area contributed by atoms with Crippen LogP contribution in [0.25, 0.3) is 0 Å². The van der Waals surface area contributed by atoms with Gasteiger partial charge in [0.15, 0.2) is 5.82 Å². The zero-order valence-corrected chi connectivity index (χ0v) is 14.2. The standard InChI is InChI=1S/C12H20BrN5O2S/c1-2-18(10-3-4-10)6-5-16-21(19,20)11-7-9(13)8-15-12(11)17-14/h7-8,10,16H,2-6,14H2,1H3,(H,15,17). The van der Waals surface area contributed by atoms with Crippen molar-refractivity contribution in [2.75, 3.05) is 25.1 Å². The van der Waals surface area contributed by atoms with E-state index in [4.69, 9.17) is 5.84 Å². The minimum atomic E-state index is -3.65. The Balaban J connectivity index is 2.02. The van der Waals surface area contributed by atoms with E-state index < -0.39 is 10.0 Å². The maximum atomic E-state index is 12.3. The third-order valence-corrected chi connectivity index (χ3v) is 5.31. The minimum Gasteiger partial charge on any atom is -0.307 e. The zero-order chi connectivity index (χ0) is 15.5. The van der Waals surface area contributed by atoms with E-state index in [0.29, 0.717) is 23.6 Å². The topological polar surface area (TPSA) is 100 Å². The first-order chi connectivity index (χ1) is 9.97. The van der Waals surface area contributed by atoms with Crippen LogP contribution in [0.4, 0.5) is 5.82 Å². The van der Waals surface area contributed by atoms with Gasteiger partial charge in [-0.3, -0.25) is 4.90 Å². The van der Waals surface area contributed by atoms with Gasteiger partial charge in [-0.05, 0) is 41.4 Å². The smallest absolute Gasteiger partial charge is 0.244 e. The maximum Gasteiger partial charge on any atom is 0.244 e. The van der Waals surface area contributed by atoms with Gasteiger partial charge in [0.2, 0.25) is 10.0 Å². The van der Waals surface area contributed by atoms with Crippen LogP contribution in [-0.4, -0.2) is 44.0 Å². The molecule has 1 aromatic heterocycles. The molecule has 0 saturated heterocycles. The number of nitrogen functional groups attached to an aromatic ring is 1. The molecule has 0 radical (unpaired) electrons. The van der Waals surface area contributed by atoms with Crippen molar-refractivity contribution in [3.63, 3.8) is 0 Å². The fourth-order valence-electron chi connectivity index (χ4n) is 2.17. The fraction of sp³-hybridized carbons (Fsp3) is 0.583. The van der Waals surface area contributed by atoms with Gasteiger partial charge in [0.25, 0.3) is 0 Å². The van der Waals surface area contributed by atoms with Gasteiger partial charge in [0, 0.05) is 29.8 Å². The molecule has 0 atom stereocenters. The van der Waals surface area contributed by atoms with Crippen molar-refractivity contribution < 1.29 is 8.42 Å². The van der Waals surface area contributed by atoms with Gasteiger partial charge in [-0.1, -0.05) is 6.92 Å². The Bertz CT molecular complexity index is 591. The molecule has 1 aliphatic rings. The Hall–Kier alpha value is -0.740. The highest BCUT2D eigenvalue weighted by molar-refractivity contribution is 9.10. The number of likely N-dealkylation sites (N-methyl/N-ethyl adjacent to an activating group) is 1. The molecule has 118 valence electrons. The van der Waals surface area contributed by atoms with Crippen molar-refractivity contribution >= 4 is 31.8 Å². The Kier molecular flexibility index (Phi) is 5.55. The molecule has 1 heterocycles. The molecule has 0 aliphatic heterocycles. The Morgan fingerprint density at radius 1 is 1.52 bits per heavy atom. The molecule has 1 aromatic rings. The summed E-state index contributed by atoms with van der Waals surface area (Å²) < 4.78 is 27.8. The van der Waals surface area contributed by atoms with Crippen molar-refractivity contribution in [3.8, 4) is 0 Å². The van der Waals surface area contributed by atoms with E-state index >= 15 is 0 Å². The third-order valence-electron chi connectivity index (χ3n) is 3.41. The zero-order valence-electron chi connectivity index (χ0n) is 11.8. The van der Waals surface area contributed by atoms with Crippen molar-refractivity contribution in [3.05, 3.63) is 16.7 Å². The number of sulfonamides is 1. The number of anilines is 1. The van der Waals surface area contributed by atoms with Gasteiger partial charge in [0.1, 0.15) is 4.90 Å². The Morgan fingerprint density at radius 3 is 2.81 bits per heavy atom. The maximum absolute atomic E-state index is 12.3. The van der Waals surface area contributed by atoms with E-state index in [1.165, 1.54) is 25.1 Å². The number of hydrogen-bond acceptors (Lipinski definition) is 6. The molecule has 0 aromatic carbocycles. The second kappa shape index (κ2) is 7.01. The first kappa shape index (κ1) is 16.6. The predicted octanol–water partition coefficient (Wildman–Crippen LogP) is 0.892. The second-order valence-electron chi connectivity index (χ2n) is 4.90. The number of rotatable bonds is 8. The second-order valence-corrected chi connectivity index (χ2v) is 7.55. The number of hydrazine groups is 1. The highest BCUT2D eigenvalue weighted by Crippen LogP contribution is 2.26. The van der Waals surface area contributed by atoms with Crippen LogP contribution in [0.1, 0.15) is 19.8 Å². The third kappa shape index (κ3) is 4.36. The molecule has 1 fully saturated rings. The molecular weight excluding hydrogens is 358 g/mol. The molecule has 7 nitrogen and oxygen atoms in total. The van der Waals surface area contributed by atoms with Crippen molar-refractivity contribution in [2.24, 2.45) is 5.84 Å². The summed E-state index contributed by atoms with van der Waals surface area (Å²) in [7, 11) is -3.65. The molecule has 2 rings (SSSR count). The molecule has 1 saturated carbocycles. The van der Waals surface area contributed by atoms with Crippen LogP contribution in [0.2, 0.25) is 0 Å². The van der Waals surface area contributed by atoms with Gasteiger partial charge < -0.3 is 5.43 Å². The predicted molar refractivity (Wildman–Crippen MR) is 85.2 cm³/mol. The molecule has 0 amide bonds. The van der Waals surface area contributed by atoms with E-state index in [2.05, 4.69) is 42.9 Å². The fourth-order valence-corrected chi connectivity index (χ4v) is 3.82. The number of halogens is 1. The number of nitrogens with one attached hydrogen (secondary N) is 2. The molecule has 0 spiro atoms. The van der Waals surface area contributed by atoms with Crippen LogP contribution >= 0.6 is 15.9 Å². The first-order valence-electron chi connectivity index (χ1n) is 6.83. The van der Waals surface area contributed by atoms with Crippen molar-refractivity contribution in [1.82, 2.24) is 14.6 Å². The summed E-state index contributed by atoms with van der Waals surface area (Å²) in [6.07, 6.45) is 3.90. The molecule has 1 aliphatic carbocycles. The van der Waals surface area contributed by atoms with E-state index in [1.807, 2.05) is 0 Å². The highest BCUT2D eigenvalue weighted by Gasteiger charge is 2.28. The monoisotopic (exact) mass is 377 g/mol. The quantitative estimate of drug-likeness (QED) is 0.459. The van der Waals surface area contributed by atoms with Crippen LogP contribution in [0.3, 0.4) is 0 Å². The van der Waals surface area contributed by atoms with Gasteiger partial charge >= 0.3 is 0 Å². The normalized spacial score (nSPS) is 15.4. The SMILES string of the molecule is CCN(CCNS(=O)(=O)c1cc(Br)cnc1NN)C1CC1. The molecular formula is C12H20BrN5O2S. The van der Waals surface area contributed by atoms with Crippen LogP contribution in [-0.2, 0) is 10.0 Å². The number of nitrogens with two attached hydrogens (primary N) is 1. The largest absolute Gasteiger partial charge is 0.307 e. The lowest BCUT2D eigenvalue weighted by molar-refractivity contribution is 0.282. The van der Waals surface area contributed by atoms with Crippen LogP contribution in [0.5, 0.6) is 0 Å². The van der Waals surface area contributed by atoms with Crippen LogP contribution < -0.4 is 16.0 Å². The molecule has 4 N–H and O–H groups in total. The van der Waals surface area contributed by atoms with E-state index in [1.54, 1.807) is 0 Å². The summed E-state index contributed by atoms with van der Waals surface area (Å²) >= 11 is 3.22. The molecule has 0 bridgehead atoms. The lowest BCUT2D eigenvalue weighted by Gasteiger charge is -2.20. The Labute approximate surface area is 133 Å². The van der Waals surface area contributed by atoms with Gasteiger partial charge in [-0.2, -0.15) is 0 Å². The number of nitrogens with zero attached hydrogens (tertiary/aromatic N) is 2. The highest BCUT2D eigenvalue weighted by atomic mass is 79.9. The lowest BCUT2D eigenvalue weighted by atomic mass is 10.4. The van der Waals surface area contributed by atoms with Crippen molar-refractivity contribution in [1.29, 1.82) is 0 Å². The number of aromatic nitrogens is 1. The minimum absolute atomic E-state index is 0.0360. The van der Waals surface area contributed by atoms with Gasteiger partial charge in [-0.25, -0.2) is 24.0 Å². The Morgan fingerprint density at radius 2 is 2.24 bits per heavy atom.